The van der Waals surface area contributed by atoms with Crippen molar-refractivity contribution >= 4 is 17.2 Å². The fraction of sp³-hybridized carbons (Fsp3) is 0.545. The molecule has 0 aromatic carbocycles. The van der Waals surface area contributed by atoms with Crippen molar-refractivity contribution in [3.8, 4) is 0 Å². The molecule has 0 unspecified atom stereocenters. The molecule has 1 aromatic rings. The molecule has 1 aromatic heterocycles. The highest BCUT2D eigenvalue weighted by Gasteiger charge is 2.21. The van der Waals surface area contributed by atoms with Gasteiger partial charge in [0.15, 0.2) is 0 Å². The Bertz CT molecular complexity index is 344. The van der Waals surface area contributed by atoms with Gasteiger partial charge < -0.3 is 10.4 Å². The van der Waals surface area contributed by atoms with E-state index in [0.717, 1.165) is 16.9 Å². The van der Waals surface area contributed by atoms with Crippen molar-refractivity contribution in [3.05, 3.63) is 21.9 Å². The van der Waals surface area contributed by atoms with Crippen LogP contribution in [0.1, 0.15) is 36.0 Å². The number of nitrogens with one attached hydrogen (secondary N) is 1. The van der Waals surface area contributed by atoms with E-state index in [9.17, 15) is 4.79 Å². The maximum Gasteiger partial charge on any atom is 0.262 e. The van der Waals surface area contributed by atoms with E-state index in [1.807, 2.05) is 18.4 Å². The summed E-state index contributed by atoms with van der Waals surface area (Å²) in [6.07, 6.45) is 0.853. The Labute approximate surface area is 94.1 Å². The predicted molar refractivity (Wildman–Crippen MR) is 62.3 cm³/mol. The van der Waals surface area contributed by atoms with Gasteiger partial charge in [-0.05, 0) is 37.3 Å². The molecular weight excluding hydrogens is 210 g/mol. The van der Waals surface area contributed by atoms with Gasteiger partial charge in [0, 0.05) is 0 Å². The van der Waals surface area contributed by atoms with Crippen LogP contribution in [0, 0.1) is 0 Å². The first-order chi connectivity index (χ1) is 7.00. The Kier molecular flexibility index (Phi) is 3.88. The second kappa shape index (κ2) is 4.77. The van der Waals surface area contributed by atoms with Crippen LogP contribution in [0.15, 0.2) is 11.4 Å². The third kappa shape index (κ3) is 3.04. The lowest BCUT2D eigenvalue weighted by atomic mass is 10.1. The van der Waals surface area contributed by atoms with Gasteiger partial charge >= 0.3 is 0 Å². The predicted octanol–water partition coefficient (Wildman–Crippen LogP) is 1.81. The molecule has 0 aliphatic carbocycles. The lowest BCUT2D eigenvalue weighted by Crippen LogP contribution is -2.46. The van der Waals surface area contributed by atoms with Crippen LogP contribution < -0.4 is 5.32 Å². The molecular formula is C11H17NO2S. The molecule has 4 heteroatoms. The molecule has 0 saturated heterocycles. The maximum atomic E-state index is 11.8. The zero-order valence-corrected chi connectivity index (χ0v) is 10.1. The molecule has 0 radical (unpaired) electrons. The van der Waals surface area contributed by atoms with Crippen LogP contribution in [0.25, 0.3) is 0 Å². The van der Waals surface area contributed by atoms with Gasteiger partial charge in [-0.25, -0.2) is 0 Å². The van der Waals surface area contributed by atoms with Crippen molar-refractivity contribution < 1.29 is 9.90 Å². The first-order valence-electron chi connectivity index (χ1n) is 5.00. The quantitative estimate of drug-likeness (QED) is 0.824. The van der Waals surface area contributed by atoms with E-state index in [-0.39, 0.29) is 12.5 Å². The Hall–Kier alpha value is -0.870. The summed E-state index contributed by atoms with van der Waals surface area (Å²) in [5.74, 6) is -0.0964. The Morgan fingerprint density at radius 3 is 2.80 bits per heavy atom. The number of aliphatic hydroxyl groups excluding tert-OH is 1. The van der Waals surface area contributed by atoms with Gasteiger partial charge in [0.25, 0.3) is 5.91 Å². The fourth-order valence-corrected chi connectivity index (χ4v) is 2.11. The Morgan fingerprint density at radius 2 is 2.27 bits per heavy atom. The number of carbonyl (C=O) groups excluding carboxylic acids is 1. The highest BCUT2D eigenvalue weighted by Crippen LogP contribution is 2.18. The molecule has 0 saturated carbocycles. The zero-order valence-electron chi connectivity index (χ0n) is 9.33. The van der Waals surface area contributed by atoms with Crippen molar-refractivity contribution in [3.63, 3.8) is 0 Å². The summed E-state index contributed by atoms with van der Waals surface area (Å²) in [6, 6.07) is 1.96. The van der Waals surface area contributed by atoms with E-state index in [0.29, 0.717) is 0 Å². The van der Waals surface area contributed by atoms with Crippen molar-refractivity contribution in [1.82, 2.24) is 5.32 Å². The SMILES string of the molecule is CCc1ccsc1C(=O)NC(C)(C)CO. The van der Waals surface area contributed by atoms with Crippen LogP contribution in [0.2, 0.25) is 0 Å². The summed E-state index contributed by atoms with van der Waals surface area (Å²) in [5, 5.41) is 13.8. The molecule has 0 fully saturated rings. The summed E-state index contributed by atoms with van der Waals surface area (Å²) in [4.78, 5) is 12.6. The van der Waals surface area contributed by atoms with Crippen LogP contribution in [0.5, 0.6) is 0 Å². The zero-order chi connectivity index (χ0) is 11.5. The summed E-state index contributed by atoms with van der Waals surface area (Å²) < 4.78 is 0. The van der Waals surface area contributed by atoms with Crippen LogP contribution in [0.3, 0.4) is 0 Å². The fourth-order valence-electron chi connectivity index (χ4n) is 1.22. The molecule has 84 valence electrons. The number of hydrogen-bond acceptors (Lipinski definition) is 3. The minimum absolute atomic E-state index is 0.0639. The molecule has 0 aliphatic heterocycles. The highest BCUT2D eigenvalue weighted by molar-refractivity contribution is 7.12. The number of thiophene rings is 1. The molecule has 0 atom stereocenters. The van der Waals surface area contributed by atoms with Crippen molar-refractivity contribution in [2.75, 3.05) is 6.61 Å². The summed E-state index contributed by atoms with van der Waals surface area (Å²) in [6.45, 7) is 5.55. The summed E-state index contributed by atoms with van der Waals surface area (Å²) in [7, 11) is 0. The van der Waals surface area contributed by atoms with Crippen LogP contribution in [0.4, 0.5) is 0 Å². The molecule has 1 amide bonds. The minimum atomic E-state index is -0.563. The molecule has 0 spiro atoms. The normalized spacial score (nSPS) is 11.5. The topological polar surface area (TPSA) is 49.3 Å². The van der Waals surface area contributed by atoms with E-state index in [1.165, 1.54) is 11.3 Å². The van der Waals surface area contributed by atoms with Crippen molar-refractivity contribution in [2.45, 2.75) is 32.7 Å². The van der Waals surface area contributed by atoms with Crippen LogP contribution in [-0.4, -0.2) is 23.2 Å². The molecule has 3 nitrogen and oxygen atoms in total. The molecule has 15 heavy (non-hydrogen) atoms. The maximum absolute atomic E-state index is 11.8. The first kappa shape index (κ1) is 12.2. The third-order valence-electron chi connectivity index (χ3n) is 2.18. The van der Waals surface area contributed by atoms with Crippen LogP contribution >= 0.6 is 11.3 Å². The molecule has 2 N–H and O–H groups in total. The largest absolute Gasteiger partial charge is 0.394 e. The molecule has 0 aliphatic rings. The summed E-state index contributed by atoms with van der Waals surface area (Å²) >= 11 is 1.44. The van der Waals surface area contributed by atoms with Gasteiger partial charge in [-0.2, -0.15) is 0 Å². The molecule has 1 heterocycles. The number of aryl methyl sites for hydroxylation is 1. The number of aliphatic hydroxyl groups is 1. The van der Waals surface area contributed by atoms with E-state index in [4.69, 9.17) is 5.11 Å². The molecule has 0 bridgehead atoms. The first-order valence-corrected chi connectivity index (χ1v) is 5.88. The van der Waals surface area contributed by atoms with Gasteiger partial charge in [-0.3, -0.25) is 4.79 Å². The van der Waals surface area contributed by atoms with Gasteiger partial charge in [0.2, 0.25) is 0 Å². The van der Waals surface area contributed by atoms with Gasteiger partial charge in [-0.1, -0.05) is 6.92 Å². The van der Waals surface area contributed by atoms with E-state index >= 15 is 0 Å². The smallest absolute Gasteiger partial charge is 0.262 e. The lowest BCUT2D eigenvalue weighted by Gasteiger charge is -2.23. The average Bonchev–Trinajstić information content (AvgIpc) is 2.64. The lowest BCUT2D eigenvalue weighted by molar-refractivity contribution is 0.0872. The van der Waals surface area contributed by atoms with E-state index < -0.39 is 5.54 Å². The third-order valence-corrected chi connectivity index (χ3v) is 3.14. The van der Waals surface area contributed by atoms with Gasteiger partial charge in [0.05, 0.1) is 17.0 Å². The Balaban J connectivity index is 2.78. The van der Waals surface area contributed by atoms with Crippen molar-refractivity contribution in [2.24, 2.45) is 0 Å². The number of hydrogen-bond donors (Lipinski definition) is 2. The van der Waals surface area contributed by atoms with E-state index in [1.54, 1.807) is 13.8 Å². The van der Waals surface area contributed by atoms with Gasteiger partial charge in [0.1, 0.15) is 0 Å². The summed E-state index contributed by atoms with van der Waals surface area (Å²) in [5.41, 5.74) is 0.498. The number of carbonyl (C=O) groups is 1. The second-order valence-electron chi connectivity index (χ2n) is 4.12. The second-order valence-corrected chi connectivity index (χ2v) is 5.04. The minimum Gasteiger partial charge on any atom is -0.394 e. The number of amides is 1. The Morgan fingerprint density at radius 1 is 1.60 bits per heavy atom. The average molecular weight is 227 g/mol. The van der Waals surface area contributed by atoms with E-state index in [2.05, 4.69) is 5.32 Å². The van der Waals surface area contributed by atoms with Crippen LogP contribution in [-0.2, 0) is 6.42 Å². The molecule has 1 rings (SSSR count). The monoisotopic (exact) mass is 227 g/mol. The van der Waals surface area contributed by atoms with Gasteiger partial charge in [-0.15, -0.1) is 11.3 Å². The van der Waals surface area contributed by atoms with Crippen molar-refractivity contribution in [1.29, 1.82) is 0 Å². The standard InChI is InChI=1S/C11H17NO2S/c1-4-8-5-6-15-9(8)10(14)12-11(2,3)7-13/h5-6,13H,4,7H2,1-3H3,(H,12,14). The highest BCUT2D eigenvalue weighted by atomic mass is 32.1. The number of rotatable bonds is 4.